The zero-order chi connectivity index (χ0) is 23.0. The van der Waals surface area contributed by atoms with Gasteiger partial charge in [0.1, 0.15) is 12.7 Å². The first-order chi connectivity index (χ1) is 15.9. The number of sulfonamides is 1. The van der Waals surface area contributed by atoms with Crippen LogP contribution in [0.4, 0.5) is 0 Å². The third-order valence-corrected chi connectivity index (χ3v) is 9.00. The summed E-state index contributed by atoms with van der Waals surface area (Å²) in [5, 5.41) is 10.1. The van der Waals surface area contributed by atoms with E-state index in [9.17, 15) is 13.2 Å². The molecule has 1 aliphatic carbocycles. The van der Waals surface area contributed by atoms with Crippen LogP contribution in [-0.4, -0.2) is 64.5 Å². The Morgan fingerprint density at radius 1 is 0.879 bits per heavy atom. The van der Waals surface area contributed by atoms with Crippen molar-refractivity contribution in [3.63, 3.8) is 0 Å². The molecule has 1 aliphatic heterocycles. The van der Waals surface area contributed by atoms with Gasteiger partial charge in [-0.15, -0.1) is 10.2 Å². The van der Waals surface area contributed by atoms with Crippen LogP contribution in [0.5, 0.6) is 0 Å². The van der Waals surface area contributed by atoms with Crippen molar-refractivity contribution >= 4 is 38.3 Å². The Labute approximate surface area is 198 Å². The van der Waals surface area contributed by atoms with Crippen molar-refractivity contribution in [2.75, 3.05) is 26.2 Å². The molecule has 1 amide bonds. The van der Waals surface area contributed by atoms with Crippen LogP contribution in [0.3, 0.4) is 0 Å². The van der Waals surface area contributed by atoms with Crippen molar-refractivity contribution in [1.29, 1.82) is 0 Å². The maximum absolute atomic E-state index is 13.2. The Bertz CT molecular complexity index is 1250. The summed E-state index contributed by atoms with van der Waals surface area (Å²) in [6.45, 7) is 1.46. The van der Waals surface area contributed by atoms with Crippen molar-refractivity contribution in [1.82, 2.24) is 24.0 Å². The molecule has 0 bridgehead atoms. The molecule has 0 radical (unpaired) electrons. The van der Waals surface area contributed by atoms with Gasteiger partial charge in [-0.05, 0) is 60.7 Å². The second-order valence-electron chi connectivity index (χ2n) is 8.80. The monoisotopic (exact) mass is 487 g/mol. The molecule has 0 atom stereocenters. The fourth-order valence-electron chi connectivity index (χ4n) is 4.93. The predicted octanol–water partition coefficient (Wildman–Crippen LogP) is 3.35. The van der Waals surface area contributed by atoms with E-state index in [0.717, 1.165) is 36.5 Å². The van der Waals surface area contributed by atoms with Crippen LogP contribution in [0.1, 0.15) is 31.7 Å². The number of nitrogens with zero attached hydrogens (tertiary/aromatic N) is 5. The highest BCUT2D eigenvalue weighted by atomic mass is 35.5. The fraction of sp³-hybridized carbons (Fsp3) is 0.435. The standard InChI is InChI=1S/C23H26ClN5O3S/c24-20-5-1-19-14-22(8-4-18(19)13-20)33(31,32)29-11-9-27(10-12-29)23(30)17-2-6-21(7-3-17)28-15-25-26-16-28/h1,4-5,8,13-17,21H,2-3,6-7,9-12H2/t17-,21-. The summed E-state index contributed by atoms with van der Waals surface area (Å²) in [4.78, 5) is 15.2. The minimum atomic E-state index is -3.62. The normalized spacial score (nSPS) is 22.5. The number of amides is 1. The zero-order valence-electron chi connectivity index (χ0n) is 18.2. The lowest BCUT2D eigenvalue weighted by Gasteiger charge is -2.37. The van der Waals surface area contributed by atoms with Gasteiger partial charge in [-0.1, -0.05) is 23.7 Å². The molecule has 1 aromatic heterocycles. The van der Waals surface area contributed by atoms with Crippen LogP contribution < -0.4 is 0 Å². The number of fused-ring (bicyclic) bond motifs is 1. The van der Waals surface area contributed by atoms with E-state index in [1.54, 1.807) is 36.9 Å². The highest BCUT2D eigenvalue weighted by Gasteiger charge is 2.34. The SMILES string of the molecule is O=C([C@H]1CC[C@H](n2cnnc2)CC1)N1CCN(S(=O)(=O)c2ccc3cc(Cl)ccc3c2)CC1. The number of rotatable bonds is 4. The first-order valence-electron chi connectivity index (χ1n) is 11.2. The van der Waals surface area contributed by atoms with E-state index in [4.69, 9.17) is 11.6 Å². The Balaban J connectivity index is 1.20. The molecule has 2 aliphatic rings. The van der Waals surface area contributed by atoms with Crippen LogP contribution in [0.25, 0.3) is 10.8 Å². The number of hydrogen-bond acceptors (Lipinski definition) is 5. The number of carbonyl (C=O) groups excluding carboxylic acids is 1. The van der Waals surface area contributed by atoms with E-state index >= 15 is 0 Å². The molecule has 2 heterocycles. The van der Waals surface area contributed by atoms with Gasteiger partial charge < -0.3 is 9.47 Å². The average molecular weight is 488 g/mol. The molecule has 10 heteroatoms. The van der Waals surface area contributed by atoms with Crippen LogP contribution >= 0.6 is 11.6 Å². The molecule has 174 valence electrons. The van der Waals surface area contributed by atoms with Crippen molar-refractivity contribution in [2.45, 2.75) is 36.6 Å². The number of benzene rings is 2. The van der Waals surface area contributed by atoms with Gasteiger partial charge in [-0.25, -0.2) is 8.42 Å². The molecule has 1 saturated heterocycles. The van der Waals surface area contributed by atoms with E-state index in [2.05, 4.69) is 10.2 Å². The predicted molar refractivity (Wildman–Crippen MR) is 125 cm³/mol. The maximum Gasteiger partial charge on any atom is 0.243 e. The minimum Gasteiger partial charge on any atom is -0.340 e. The molecule has 8 nitrogen and oxygen atoms in total. The Morgan fingerprint density at radius 2 is 1.52 bits per heavy atom. The van der Waals surface area contributed by atoms with Gasteiger partial charge >= 0.3 is 0 Å². The topological polar surface area (TPSA) is 88.4 Å². The smallest absolute Gasteiger partial charge is 0.243 e. The van der Waals surface area contributed by atoms with Gasteiger partial charge in [0, 0.05) is 43.2 Å². The quantitative estimate of drug-likeness (QED) is 0.563. The molecule has 0 N–H and O–H groups in total. The third-order valence-electron chi connectivity index (χ3n) is 6.87. The number of piperazine rings is 1. The van der Waals surface area contributed by atoms with Crippen LogP contribution in [0.2, 0.25) is 5.02 Å². The molecular formula is C23H26ClN5O3S. The summed E-state index contributed by atoms with van der Waals surface area (Å²) in [5.74, 6) is 0.157. The largest absolute Gasteiger partial charge is 0.340 e. The summed E-state index contributed by atoms with van der Waals surface area (Å²) in [6.07, 6.45) is 6.99. The minimum absolute atomic E-state index is 0.00759. The number of carbonyl (C=O) groups is 1. The van der Waals surface area contributed by atoms with E-state index in [1.807, 2.05) is 21.6 Å². The van der Waals surface area contributed by atoms with Crippen molar-refractivity contribution in [3.8, 4) is 0 Å². The second kappa shape index (κ2) is 9.04. The van der Waals surface area contributed by atoms with Crippen molar-refractivity contribution in [2.24, 2.45) is 5.92 Å². The molecule has 3 aromatic rings. The van der Waals surface area contributed by atoms with Crippen LogP contribution in [0.15, 0.2) is 53.9 Å². The highest BCUT2D eigenvalue weighted by Crippen LogP contribution is 2.33. The van der Waals surface area contributed by atoms with Gasteiger partial charge in [0.15, 0.2) is 0 Å². The molecule has 2 aromatic carbocycles. The van der Waals surface area contributed by atoms with E-state index < -0.39 is 10.0 Å². The summed E-state index contributed by atoms with van der Waals surface area (Å²) in [7, 11) is -3.62. The summed E-state index contributed by atoms with van der Waals surface area (Å²) < 4.78 is 29.9. The van der Waals surface area contributed by atoms with Gasteiger partial charge in [-0.3, -0.25) is 4.79 Å². The lowest BCUT2D eigenvalue weighted by atomic mass is 9.85. The van der Waals surface area contributed by atoms with E-state index in [0.29, 0.717) is 37.2 Å². The number of aromatic nitrogens is 3. The summed E-state index contributed by atoms with van der Waals surface area (Å²) in [6, 6.07) is 10.8. The average Bonchev–Trinajstić information content (AvgIpc) is 3.38. The molecular weight excluding hydrogens is 462 g/mol. The van der Waals surface area contributed by atoms with Crippen molar-refractivity contribution in [3.05, 3.63) is 54.1 Å². The molecule has 33 heavy (non-hydrogen) atoms. The van der Waals surface area contributed by atoms with E-state index in [-0.39, 0.29) is 16.7 Å². The molecule has 5 rings (SSSR count). The van der Waals surface area contributed by atoms with E-state index in [1.165, 1.54) is 4.31 Å². The third kappa shape index (κ3) is 4.49. The lowest BCUT2D eigenvalue weighted by molar-refractivity contribution is -0.138. The lowest BCUT2D eigenvalue weighted by Crippen LogP contribution is -2.52. The Kier molecular flexibility index (Phi) is 6.11. The Hall–Kier alpha value is -2.49. The first-order valence-corrected chi connectivity index (χ1v) is 13.1. The second-order valence-corrected chi connectivity index (χ2v) is 11.2. The summed E-state index contributed by atoms with van der Waals surface area (Å²) >= 11 is 6.03. The number of halogens is 1. The zero-order valence-corrected chi connectivity index (χ0v) is 19.7. The van der Waals surface area contributed by atoms with Gasteiger partial charge in [0.2, 0.25) is 15.9 Å². The van der Waals surface area contributed by atoms with Gasteiger partial charge in [0.05, 0.1) is 4.90 Å². The summed E-state index contributed by atoms with van der Waals surface area (Å²) in [5.41, 5.74) is 0. The maximum atomic E-state index is 13.2. The number of hydrogen-bond donors (Lipinski definition) is 0. The molecule has 2 fully saturated rings. The first kappa shape index (κ1) is 22.3. The van der Waals surface area contributed by atoms with Crippen molar-refractivity contribution < 1.29 is 13.2 Å². The van der Waals surface area contributed by atoms with Crippen LogP contribution in [-0.2, 0) is 14.8 Å². The highest BCUT2D eigenvalue weighted by molar-refractivity contribution is 7.89. The van der Waals surface area contributed by atoms with Gasteiger partial charge in [-0.2, -0.15) is 4.31 Å². The molecule has 0 spiro atoms. The van der Waals surface area contributed by atoms with Gasteiger partial charge in [0.25, 0.3) is 0 Å². The molecule has 0 unspecified atom stereocenters. The molecule has 1 saturated carbocycles. The van der Waals surface area contributed by atoms with Crippen LogP contribution in [0, 0.1) is 5.92 Å². The Morgan fingerprint density at radius 3 is 2.21 bits per heavy atom. The fourth-order valence-corrected chi connectivity index (χ4v) is 6.57.